The molecule has 0 radical (unpaired) electrons. The van der Waals surface area contributed by atoms with Gasteiger partial charge in [-0.25, -0.2) is 8.42 Å². The Morgan fingerprint density at radius 2 is 1.62 bits per heavy atom. The summed E-state index contributed by atoms with van der Waals surface area (Å²) in [4.78, 5) is 23.4. The monoisotopic (exact) mass is 376 g/mol. The van der Waals surface area contributed by atoms with Gasteiger partial charge in [-0.05, 0) is 43.3 Å². The van der Waals surface area contributed by atoms with Crippen LogP contribution >= 0.6 is 0 Å². The molecular weight excluding hydrogens is 356 g/mol. The van der Waals surface area contributed by atoms with E-state index < -0.39 is 15.9 Å². The van der Waals surface area contributed by atoms with Crippen LogP contribution in [0, 0.1) is 0 Å². The van der Waals surface area contributed by atoms with E-state index in [0.29, 0.717) is 17.0 Å². The molecule has 0 aliphatic carbocycles. The van der Waals surface area contributed by atoms with E-state index >= 15 is 0 Å². The van der Waals surface area contributed by atoms with Crippen LogP contribution in [0.4, 0.5) is 5.69 Å². The third-order valence-electron chi connectivity index (χ3n) is 3.71. The SMILES string of the molecule is COc1ccc(NC(=O)CN(C)S(=O)(=O)c2ccc(C(C)=O)cc2)cc1. The standard InChI is InChI=1S/C18H20N2O5S/c1-13(21)14-4-10-17(11-5-14)26(23,24)20(2)12-18(22)19-15-6-8-16(25-3)9-7-15/h4-11H,12H2,1-3H3,(H,19,22). The molecule has 0 saturated heterocycles. The second kappa shape index (κ2) is 8.11. The maximum absolute atomic E-state index is 12.5. The second-order valence-electron chi connectivity index (χ2n) is 5.62. The molecule has 0 spiro atoms. The van der Waals surface area contributed by atoms with Gasteiger partial charge in [0.25, 0.3) is 0 Å². The molecule has 7 nitrogen and oxygen atoms in total. The molecular formula is C18H20N2O5S. The second-order valence-corrected chi connectivity index (χ2v) is 7.66. The zero-order valence-corrected chi connectivity index (χ0v) is 15.5. The maximum atomic E-state index is 12.5. The molecule has 0 unspecified atom stereocenters. The highest BCUT2D eigenvalue weighted by Crippen LogP contribution is 2.17. The number of anilines is 1. The Morgan fingerprint density at radius 3 is 2.12 bits per heavy atom. The Labute approximate surface area is 152 Å². The van der Waals surface area contributed by atoms with E-state index in [0.717, 1.165) is 4.31 Å². The van der Waals surface area contributed by atoms with Gasteiger partial charge in [0.2, 0.25) is 15.9 Å². The number of Topliss-reactive ketones (excluding diaryl/α,β-unsaturated/α-hetero) is 1. The van der Waals surface area contributed by atoms with E-state index in [2.05, 4.69) is 5.32 Å². The fourth-order valence-electron chi connectivity index (χ4n) is 2.20. The van der Waals surface area contributed by atoms with Crippen LogP contribution < -0.4 is 10.1 Å². The number of sulfonamides is 1. The van der Waals surface area contributed by atoms with Crippen LogP contribution in [0.5, 0.6) is 5.75 Å². The van der Waals surface area contributed by atoms with Crippen molar-refractivity contribution in [1.82, 2.24) is 4.31 Å². The molecule has 2 aromatic rings. The third kappa shape index (κ3) is 4.68. The number of likely N-dealkylation sites (N-methyl/N-ethyl adjacent to an activating group) is 1. The Kier molecular flexibility index (Phi) is 6.12. The van der Waals surface area contributed by atoms with Gasteiger partial charge in [0, 0.05) is 18.3 Å². The first kappa shape index (κ1) is 19.6. The summed E-state index contributed by atoms with van der Waals surface area (Å²) < 4.78 is 31.0. The summed E-state index contributed by atoms with van der Waals surface area (Å²) in [5, 5.41) is 2.63. The van der Waals surface area contributed by atoms with Crippen molar-refractivity contribution in [2.24, 2.45) is 0 Å². The summed E-state index contributed by atoms with van der Waals surface area (Å²) in [6, 6.07) is 12.3. The Hall–Kier alpha value is -2.71. The fourth-order valence-corrected chi connectivity index (χ4v) is 3.33. The summed E-state index contributed by atoms with van der Waals surface area (Å²) in [5.74, 6) is 0.0273. The first-order chi connectivity index (χ1) is 12.2. The zero-order valence-electron chi connectivity index (χ0n) is 14.7. The van der Waals surface area contributed by atoms with Crippen LogP contribution in [0.1, 0.15) is 17.3 Å². The largest absolute Gasteiger partial charge is 0.497 e. The van der Waals surface area contributed by atoms with Crippen LogP contribution in [0.3, 0.4) is 0 Å². The molecule has 0 atom stereocenters. The van der Waals surface area contributed by atoms with Crippen LogP contribution in [0.2, 0.25) is 0 Å². The van der Waals surface area contributed by atoms with Crippen LogP contribution in [0.15, 0.2) is 53.4 Å². The number of rotatable bonds is 7. The highest BCUT2D eigenvalue weighted by molar-refractivity contribution is 7.89. The molecule has 0 aliphatic heterocycles. The summed E-state index contributed by atoms with van der Waals surface area (Å²) in [5.41, 5.74) is 0.955. The number of ketones is 1. The smallest absolute Gasteiger partial charge is 0.243 e. The molecule has 1 N–H and O–H groups in total. The molecule has 138 valence electrons. The molecule has 2 aromatic carbocycles. The lowest BCUT2D eigenvalue weighted by Crippen LogP contribution is -2.35. The minimum absolute atomic E-state index is 0.0160. The highest BCUT2D eigenvalue weighted by Gasteiger charge is 2.23. The van der Waals surface area contributed by atoms with Gasteiger partial charge in [-0.15, -0.1) is 0 Å². The number of amides is 1. The minimum atomic E-state index is -3.84. The van der Waals surface area contributed by atoms with E-state index in [4.69, 9.17) is 4.74 Å². The van der Waals surface area contributed by atoms with Gasteiger partial charge in [-0.2, -0.15) is 4.31 Å². The quantitative estimate of drug-likeness (QED) is 0.748. The molecule has 0 heterocycles. The van der Waals surface area contributed by atoms with Gasteiger partial charge in [0.15, 0.2) is 5.78 Å². The summed E-state index contributed by atoms with van der Waals surface area (Å²) >= 11 is 0. The highest BCUT2D eigenvalue weighted by atomic mass is 32.2. The van der Waals surface area contributed by atoms with Gasteiger partial charge < -0.3 is 10.1 Å². The van der Waals surface area contributed by atoms with Crippen LogP contribution in [-0.2, 0) is 14.8 Å². The lowest BCUT2D eigenvalue weighted by molar-refractivity contribution is -0.116. The molecule has 0 bridgehead atoms. The number of benzene rings is 2. The van der Waals surface area contributed by atoms with Gasteiger partial charge >= 0.3 is 0 Å². The number of carbonyl (C=O) groups is 2. The summed E-state index contributed by atoms with van der Waals surface area (Å²) in [7, 11) is -0.979. The first-order valence-electron chi connectivity index (χ1n) is 7.75. The number of nitrogens with one attached hydrogen (secondary N) is 1. The van der Waals surface area contributed by atoms with Crippen molar-refractivity contribution in [1.29, 1.82) is 0 Å². The Morgan fingerprint density at radius 1 is 1.04 bits per heavy atom. The molecule has 0 aliphatic rings. The van der Waals surface area contributed by atoms with E-state index in [1.807, 2.05) is 0 Å². The number of hydrogen-bond acceptors (Lipinski definition) is 5. The molecule has 0 fully saturated rings. The zero-order chi connectivity index (χ0) is 19.3. The maximum Gasteiger partial charge on any atom is 0.243 e. The summed E-state index contributed by atoms with van der Waals surface area (Å²) in [6.07, 6.45) is 0. The minimum Gasteiger partial charge on any atom is -0.497 e. The van der Waals surface area contributed by atoms with Crippen molar-refractivity contribution in [3.8, 4) is 5.75 Å². The normalized spacial score (nSPS) is 11.2. The number of hydrogen-bond donors (Lipinski definition) is 1. The topological polar surface area (TPSA) is 92.8 Å². The number of ether oxygens (including phenoxy) is 1. The number of nitrogens with zero attached hydrogens (tertiary/aromatic N) is 1. The lowest BCUT2D eigenvalue weighted by Gasteiger charge is -2.17. The van der Waals surface area contributed by atoms with Crippen LogP contribution in [0.25, 0.3) is 0 Å². The number of carbonyl (C=O) groups excluding carboxylic acids is 2. The van der Waals surface area contributed by atoms with Crippen molar-refractivity contribution in [3.63, 3.8) is 0 Å². The van der Waals surface area contributed by atoms with Gasteiger partial charge in [0.1, 0.15) is 5.75 Å². The van der Waals surface area contributed by atoms with Gasteiger partial charge in [0.05, 0.1) is 18.6 Å². The molecule has 2 rings (SSSR count). The molecule has 0 saturated carbocycles. The van der Waals surface area contributed by atoms with E-state index in [1.165, 1.54) is 45.3 Å². The van der Waals surface area contributed by atoms with E-state index in [-0.39, 0.29) is 17.2 Å². The van der Waals surface area contributed by atoms with Crippen molar-refractivity contribution in [2.75, 3.05) is 26.0 Å². The van der Waals surface area contributed by atoms with Gasteiger partial charge in [-0.3, -0.25) is 9.59 Å². The van der Waals surface area contributed by atoms with Crippen molar-refractivity contribution in [2.45, 2.75) is 11.8 Å². The Balaban J connectivity index is 2.05. The predicted octanol–water partition coefficient (Wildman–Crippen LogP) is 2.16. The molecule has 1 amide bonds. The van der Waals surface area contributed by atoms with Crippen molar-refractivity contribution in [3.05, 3.63) is 54.1 Å². The van der Waals surface area contributed by atoms with E-state index in [9.17, 15) is 18.0 Å². The predicted molar refractivity (Wildman–Crippen MR) is 97.9 cm³/mol. The first-order valence-corrected chi connectivity index (χ1v) is 9.19. The molecule has 8 heteroatoms. The van der Waals surface area contributed by atoms with Crippen molar-refractivity contribution >= 4 is 27.4 Å². The lowest BCUT2D eigenvalue weighted by atomic mass is 10.2. The van der Waals surface area contributed by atoms with Crippen LogP contribution in [-0.4, -0.2) is 45.1 Å². The average Bonchev–Trinajstić information content (AvgIpc) is 2.62. The van der Waals surface area contributed by atoms with Gasteiger partial charge in [-0.1, -0.05) is 12.1 Å². The fraction of sp³-hybridized carbons (Fsp3) is 0.222. The molecule has 26 heavy (non-hydrogen) atoms. The summed E-state index contributed by atoms with van der Waals surface area (Å²) in [6.45, 7) is 1.06. The van der Waals surface area contributed by atoms with E-state index in [1.54, 1.807) is 24.3 Å². The molecule has 0 aromatic heterocycles. The Bertz CT molecular complexity index is 890. The number of methoxy groups -OCH3 is 1. The third-order valence-corrected chi connectivity index (χ3v) is 5.53. The average molecular weight is 376 g/mol. The van der Waals surface area contributed by atoms with Crippen molar-refractivity contribution < 1.29 is 22.7 Å².